The van der Waals surface area contributed by atoms with Crippen LogP contribution >= 0.6 is 11.6 Å². The van der Waals surface area contributed by atoms with Gasteiger partial charge in [0.1, 0.15) is 11.2 Å². The number of halogens is 4. The first-order valence-corrected chi connectivity index (χ1v) is 5.53. The average molecular weight is 283 g/mol. The molecule has 19 heavy (non-hydrogen) atoms. The Hall–Kier alpha value is -2.06. The predicted molar refractivity (Wildman–Crippen MR) is 64.4 cm³/mol. The highest BCUT2D eigenvalue weighted by molar-refractivity contribution is 6.30. The Morgan fingerprint density at radius 2 is 1.89 bits per heavy atom. The van der Waals surface area contributed by atoms with Crippen LogP contribution in [0.4, 0.5) is 13.2 Å². The van der Waals surface area contributed by atoms with Crippen LogP contribution in [0.15, 0.2) is 36.5 Å². The fraction of sp³-hybridized carbons (Fsp3) is 0.0769. The van der Waals surface area contributed by atoms with Crippen molar-refractivity contribution in [3.8, 4) is 17.2 Å². The number of benzene rings is 1. The van der Waals surface area contributed by atoms with E-state index in [0.717, 1.165) is 6.07 Å². The number of aromatic nitrogens is 1. The molecule has 0 saturated heterocycles. The van der Waals surface area contributed by atoms with Crippen LogP contribution in [0, 0.1) is 11.3 Å². The first-order valence-electron chi connectivity index (χ1n) is 5.15. The molecule has 0 radical (unpaired) electrons. The number of nitriles is 1. The molecule has 0 unspecified atom stereocenters. The average Bonchev–Trinajstić information content (AvgIpc) is 2.38. The van der Waals surface area contributed by atoms with Crippen LogP contribution in [-0.4, -0.2) is 4.98 Å². The SMILES string of the molecule is N#Cc1cc(-c2ccccc2C(F)(F)F)cnc1Cl. The van der Waals surface area contributed by atoms with Gasteiger partial charge in [-0.3, -0.25) is 0 Å². The molecular formula is C13H6ClF3N2. The van der Waals surface area contributed by atoms with Gasteiger partial charge in [0.2, 0.25) is 0 Å². The highest BCUT2D eigenvalue weighted by Gasteiger charge is 2.33. The van der Waals surface area contributed by atoms with Crippen molar-refractivity contribution in [2.45, 2.75) is 6.18 Å². The van der Waals surface area contributed by atoms with Gasteiger partial charge in [0.25, 0.3) is 0 Å². The van der Waals surface area contributed by atoms with Gasteiger partial charge in [-0.25, -0.2) is 4.98 Å². The standard InChI is InChI=1S/C13H6ClF3N2/c14-12-8(6-18)5-9(7-19-12)10-3-1-2-4-11(10)13(15,16)17/h1-5,7H. The van der Waals surface area contributed by atoms with Crippen molar-refractivity contribution in [2.24, 2.45) is 0 Å². The van der Waals surface area contributed by atoms with Gasteiger partial charge >= 0.3 is 6.18 Å². The zero-order valence-electron chi connectivity index (χ0n) is 9.37. The Bertz CT molecular complexity index is 660. The van der Waals surface area contributed by atoms with Gasteiger partial charge in [0.15, 0.2) is 0 Å². The van der Waals surface area contributed by atoms with Gasteiger partial charge in [0, 0.05) is 11.8 Å². The minimum absolute atomic E-state index is 0.0317. The van der Waals surface area contributed by atoms with Crippen molar-refractivity contribution in [1.29, 1.82) is 5.26 Å². The lowest BCUT2D eigenvalue weighted by molar-refractivity contribution is -0.137. The van der Waals surface area contributed by atoms with E-state index in [0.29, 0.717) is 0 Å². The fourth-order valence-electron chi connectivity index (χ4n) is 1.66. The lowest BCUT2D eigenvalue weighted by Gasteiger charge is -2.12. The first-order chi connectivity index (χ1) is 8.93. The van der Waals surface area contributed by atoms with E-state index in [2.05, 4.69) is 4.98 Å². The normalized spacial score (nSPS) is 11.1. The third-order valence-electron chi connectivity index (χ3n) is 2.50. The quantitative estimate of drug-likeness (QED) is 0.732. The number of hydrogen-bond acceptors (Lipinski definition) is 2. The van der Waals surface area contributed by atoms with Crippen LogP contribution in [0.25, 0.3) is 11.1 Å². The highest BCUT2D eigenvalue weighted by Crippen LogP contribution is 2.37. The van der Waals surface area contributed by atoms with Crippen LogP contribution in [0.2, 0.25) is 5.15 Å². The summed E-state index contributed by atoms with van der Waals surface area (Å²) in [6.45, 7) is 0. The second-order valence-corrected chi connectivity index (χ2v) is 4.08. The zero-order chi connectivity index (χ0) is 14.0. The monoisotopic (exact) mass is 282 g/mol. The van der Waals surface area contributed by atoms with Gasteiger partial charge in [-0.1, -0.05) is 29.8 Å². The maximum Gasteiger partial charge on any atom is 0.417 e. The van der Waals surface area contributed by atoms with Gasteiger partial charge < -0.3 is 0 Å². The van der Waals surface area contributed by atoms with Crippen LogP contribution in [-0.2, 0) is 6.18 Å². The van der Waals surface area contributed by atoms with Crippen molar-refractivity contribution in [1.82, 2.24) is 4.98 Å². The first kappa shape index (κ1) is 13.4. The number of pyridine rings is 1. The molecule has 2 rings (SSSR count). The molecule has 1 heterocycles. The van der Waals surface area contributed by atoms with E-state index in [1.807, 2.05) is 0 Å². The third kappa shape index (κ3) is 2.69. The van der Waals surface area contributed by atoms with Crippen LogP contribution in [0.5, 0.6) is 0 Å². The van der Waals surface area contributed by atoms with E-state index in [9.17, 15) is 13.2 Å². The summed E-state index contributed by atoms with van der Waals surface area (Å²) in [6.07, 6.45) is -3.25. The molecule has 96 valence electrons. The molecular weight excluding hydrogens is 277 g/mol. The van der Waals surface area contributed by atoms with Crippen molar-refractivity contribution >= 4 is 11.6 Å². The summed E-state index contributed by atoms with van der Waals surface area (Å²) in [4.78, 5) is 3.73. The molecule has 2 nitrogen and oxygen atoms in total. The van der Waals surface area contributed by atoms with E-state index in [1.54, 1.807) is 6.07 Å². The molecule has 0 aliphatic rings. The minimum atomic E-state index is -4.47. The molecule has 1 aromatic carbocycles. The molecule has 0 bridgehead atoms. The molecule has 0 aliphatic carbocycles. The van der Waals surface area contributed by atoms with Crippen molar-refractivity contribution in [3.05, 3.63) is 52.8 Å². The predicted octanol–water partition coefficient (Wildman–Crippen LogP) is 4.29. The summed E-state index contributed by atoms with van der Waals surface area (Å²) in [7, 11) is 0. The molecule has 1 aromatic heterocycles. The molecule has 2 aromatic rings. The lowest BCUT2D eigenvalue weighted by atomic mass is 10.00. The maximum absolute atomic E-state index is 12.9. The highest BCUT2D eigenvalue weighted by atomic mass is 35.5. The molecule has 0 spiro atoms. The minimum Gasteiger partial charge on any atom is -0.243 e. The molecule has 0 saturated carbocycles. The number of rotatable bonds is 1. The van der Waals surface area contributed by atoms with Crippen molar-refractivity contribution in [2.75, 3.05) is 0 Å². The Morgan fingerprint density at radius 1 is 1.21 bits per heavy atom. The van der Waals surface area contributed by atoms with Gasteiger partial charge in [-0.2, -0.15) is 18.4 Å². The van der Waals surface area contributed by atoms with E-state index < -0.39 is 11.7 Å². The van der Waals surface area contributed by atoms with Gasteiger partial charge in [0.05, 0.1) is 11.1 Å². The third-order valence-corrected chi connectivity index (χ3v) is 2.80. The summed E-state index contributed by atoms with van der Waals surface area (Å²) in [5.74, 6) is 0. The van der Waals surface area contributed by atoms with Crippen molar-refractivity contribution < 1.29 is 13.2 Å². The van der Waals surface area contributed by atoms with Crippen LogP contribution < -0.4 is 0 Å². The molecule has 6 heteroatoms. The van der Waals surface area contributed by atoms with Gasteiger partial charge in [-0.15, -0.1) is 0 Å². The smallest absolute Gasteiger partial charge is 0.243 e. The summed E-state index contributed by atoms with van der Waals surface area (Å²) < 4.78 is 38.7. The molecule has 0 amide bonds. The van der Waals surface area contributed by atoms with Gasteiger partial charge in [-0.05, 0) is 17.7 Å². The van der Waals surface area contributed by atoms with E-state index >= 15 is 0 Å². The van der Waals surface area contributed by atoms with E-state index in [1.165, 1.54) is 30.5 Å². The Kier molecular flexibility index (Phi) is 3.45. The number of nitrogens with zero attached hydrogens (tertiary/aromatic N) is 2. The Balaban J connectivity index is 2.64. The zero-order valence-corrected chi connectivity index (χ0v) is 10.1. The summed E-state index contributed by atoms with van der Waals surface area (Å²) in [5.41, 5.74) is -0.566. The summed E-state index contributed by atoms with van der Waals surface area (Å²) >= 11 is 5.66. The van der Waals surface area contributed by atoms with Crippen LogP contribution in [0.1, 0.15) is 11.1 Å². The molecule has 0 fully saturated rings. The fourth-order valence-corrected chi connectivity index (χ4v) is 1.80. The topological polar surface area (TPSA) is 36.7 Å². The maximum atomic E-state index is 12.9. The number of hydrogen-bond donors (Lipinski definition) is 0. The summed E-state index contributed by atoms with van der Waals surface area (Å²) in [5, 5.41) is 8.79. The largest absolute Gasteiger partial charge is 0.417 e. The molecule has 0 N–H and O–H groups in total. The van der Waals surface area contributed by atoms with Crippen LogP contribution in [0.3, 0.4) is 0 Å². The molecule has 0 aliphatic heterocycles. The summed E-state index contributed by atoms with van der Waals surface area (Å²) in [6, 6.07) is 8.19. The Morgan fingerprint density at radius 3 is 2.53 bits per heavy atom. The van der Waals surface area contributed by atoms with E-state index in [-0.39, 0.29) is 21.8 Å². The lowest BCUT2D eigenvalue weighted by Crippen LogP contribution is -2.07. The van der Waals surface area contributed by atoms with E-state index in [4.69, 9.17) is 16.9 Å². The molecule has 0 atom stereocenters. The van der Waals surface area contributed by atoms with Crippen molar-refractivity contribution in [3.63, 3.8) is 0 Å². The second kappa shape index (κ2) is 4.90. The second-order valence-electron chi connectivity index (χ2n) is 3.72. The number of alkyl halides is 3. The Labute approximate surface area is 112 Å².